The zero-order valence-corrected chi connectivity index (χ0v) is 15.6. The smallest absolute Gasteiger partial charge is 0.252 e. The summed E-state index contributed by atoms with van der Waals surface area (Å²) in [5, 5.41) is 4.67. The van der Waals surface area contributed by atoms with Crippen molar-refractivity contribution in [3.8, 4) is 11.3 Å². The zero-order chi connectivity index (χ0) is 18.8. The average molecular weight is 397 g/mol. The lowest BCUT2D eigenvalue weighted by Gasteiger charge is -2.11. The SMILES string of the molecule is O=C(NCc1ccco1)c1cc(-c2ccc(Cl)cc2Cl)nc2ccccc12. The second-order valence-corrected chi connectivity index (χ2v) is 6.80. The summed E-state index contributed by atoms with van der Waals surface area (Å²) >= 11 is 12.3. The maximum absolute atomic E-state index is 12.8. The number of aromatic nitrogens is 1. The van der Waals surface area contributed by atoms with E-state index in [2.05, 4.69) is 10.3 Å². The van der Waals surface area contributed by atoms with E-state index in [0.29, 0.717) is 44.7 Å². The van der Waals surface area contributed by atoms with Crippen molar-refractivity contribution in [2.75, 3.05) is 0 Å². The van der Waals surface area contributed by atoms with Gasteiger partial charge in [-0.25, -0.2) is 4.98 Å². The number of nitrogens with zero attached hydrogens (tertiary/aromatic N) is 1. The van der Waals surface area contributed by atoms with E-state index in [0.717, 1.165) is 5.39 Å². The van der Waals surface area contributed by atoms with Crippen molar-refractivity contribution in [1.82, 2.24) is 10.3 Å². The number of rotatable bonds is 4. The van der Waals surface area contributed by atoms with E-state index in [4.69, 9.17) is 27.6 Å². The van der Waals surface area contributed by atoms with E-state index < -0.39 is 0 Å². The standard InChI is InChI=1S/C21H14Cl2N2O2/c22-13-7-8-16(18(23)10-13)20-11-17(15-5-1-2-6-19(15)25-20)21(26)24-12-14-4-3-9-27-14/h1-11H,12H2,(H,24,26). The molecule has 0 fully saturated rings. The topological polar surface area (TPSA) is 55.1 Å². The molecule has 0 aliphatic heterocycles. The van der Waals surface area contributed by atoms with Crippen LogP contribution in [0, 0.1) is 0 Å². The van der Waals surface area contributed by atoms with E-state index in [1.54, 1.807) is 36.6 Å². The van der Waals surface area contributed by atoms with Crippen LogP contribution in [0.5, 0.6) is 0 Å². The Bertz CT molecular complexity index is 1120. The molecule has 2 heterocycles. The molecule has 4 nitrogen and oxygen atoms in total. The van der Waals surface area contributed by atoms with Gasteiger partial charge in [-0.1, -0.05) is 41.4 Å². The number of nitrogens with one attached hydrogen (secondary N) is 1. The van der Waals surface area contributed by atoms with Gasteiger partial charge in [0.05, 0.1) is 34.6 Å². The number of carbonyl (C=O) groups is 1. The first-order chi connectivity index (χ1) is 13.1. The summed E-state index contributed by atoms with van der Waals surface area (Å²) in [6, 6.07) is 18.0. The third-order valence-electron chi connectivity index (χ3n) is 4.17. The normalized spacial score (nSPS) is 10.9. The average Bonchev–Trinajstić information content (AvgIpc) is 3.19. The number of pyridine rings is 1. The van der Waals surface area contributed by atoms with Gasteiger partial charge in [0.1, 0.15) is 5.76 Å². The number of hydrogen-bond acceptors (Lipinski definition) is 3. The van der Waals surface area contributed by atoms with Crippen LogP contribution < -0.4 is 5.32 Å². The summed E-state index contributed by atoms with van der Waals surface area (Å²) < 4.78 is 5.27. The monoisotopic (exact) mass is 396 g/mol. The van der Waals surface area contributed by atoms with Gasteiger partial charge in [0.2, 0.25) is 0 Å². The van der Waals surface area contributed by atoms with Crippen LogP contribution >= 0.6 is 23.2 Å². The Labute approximate surface area is 165 Å². The minimum atomic E-state index is -0.212. The Morgan fingerprint density at radius 3 is 2.67 bits per heavy atom. The lowest BCUT2D eigenvalue weighted by Crippen LogP contribution is -2.23. The van der Waals surface area contributed by atoms with Gasteiger partial charge in [-0.3, -0.25) is 4.79 Å². The maximum Gasteiger partial charge on any atom is 0.252 e. The molecule has 27 heavy (non-hydrogen) atoms. The molecule has 0 aliphatic rings. The molecule has 0 bridgehead atoms. The van der Waals surface area contributed by atoms with Gasteiger partial charge >= 0.3 is 0 Å². The first-order valence-electron chi connectivity index (χ1n) is 8.27. The van der Waals surface area contributed by atoms with Gasteiger partial charge in [-0.15, -0.1) is 0 Å². The largest absolute Gasteiger partial charge is 0.467 e. The Morgan fingerprint density at radius 2 is 1.89 bits per heavy atom. The minimum Gasteiger partial charge on any atom is -0.467 e. The van der Waals surface area contributed by atoms with Gasteiger partial charge < -0.3 is 9.73 Å². The second kappa shape index (κ2) is 7.43. The number of benzene rings is 2. The molecule has 1 amide bonds. The van der Waals surface area contributed by atoms with Crippen molar-refractivity contribution in [1.29, 1.82) is 0 Å². The lowest BCUT2D eigenvalue weighted by molar-refractivity contribution is 0.0949. The van der Waals surface area contributed by atoms with Crippen molar-refractivity contribution < 1.29 is 9.21 Å². The molecule has 134 valence electrons. The third-order valence-corrected chi connectivity index (χ3v) is 4.72. The maximum atomic E-state index is 12.8. The van der Waals surface area contributed by atoms with Crippen LogP contribution in [-0.2, 0) is 6.54 Å². The van der Waals surface area contributed by atoms with E-state index >= 15 is 0 Å². The van der Waals surface area contributed by atoms with Crippen LogP contribution in [0.1, 0.15) is 16.1 Å². The number of amides is 1. The van der Waals surface area contributed by atoms with Crippen LogP contribution in [-0.4, -0.2) is 10.9 Å². The van der Waals surface area contributed by atoms with Crippen LogP contribution in [0.4, 0.5) is 0 Å². The summed E-state index contributed by atoms with van der Waals surface area (Å²) in [6.45, 7) is 0.305. The van der Waals surface area contributed by atoms with E-state index in [1.807, 2.05) is 30.3 Å². The highest BCUT2D eigenvalue weighted by molar-refractivity contribution is 6.36. The first kappa shape index (κ1) is 17.6. The number of hydrogen-bond donors (Lipinski definition) is 1. The highest BCUT2D eigenvalue weighted by Crippen LogP contribution is 2.31. The molecule has 1 N–H and O–H groups in total. The van der Waals surface area contributed by atoms with E-state index in [9.17, 15) is 4.79 Å². The predicted octanol–water partition coefficient (Wildman–Crippen LogP) is 5.73. The molecule has 6 heteroatoms. The highest BCUT2D eigenvalue weighted by atomic mass is 35.5. The molecule has 0 saturated heterocycles. The molecular weight excluding hydrogens is 383 g/mol. The molecule has 0 atom stereocenters. The molecule has 0 saturated carbocycles. The number of para-hydroxylation sites is 1. The Hall–Kier alpha value is -2.82. The van der Waals surface area contributed by atoms with Crippen LogP contribution in [0.2, 0.25) is 10.0 Å². The summed E-state index contributed by atoms with van der Waals surface area (Å²) in [5.74, 6) is 0.471. The van der Waals surface area contributed by atoms with Gasteiger partial charge in [0.25, 0.3) is 5.91 Å². The number of fused-ring (bicyclic) bond motifs is 1. The van der Waals surface area contributed by atoms with Crippen molar-refractivity contribution in [2.45, 2.75) is 6.54 Å². The number of halogens is 2. The zero-order valence-electron chi connectivity index (χ0n) is 14.1. The van der Waals surface area contributed by atoms with Crippen molar-refractivity contribution in [3.05, 3.63) is 88.3 Å². The van der Waals surface area contributed by atoms with Gasteiger partial charge in [0, 0.05) is 16.0 Å². The van der Waals surface area contributed by atoms with Crippen LogP contribution in [0.25, 0.3) is 22.2 Å². The number of furan rings is 1. The summed E-state index contributed by atoms with van der Waals surface area (Å²) in [4.78, 5) is 17.5. The lowest BCUT2D eigenvalue weighted by atomic mass is 10.0. The third kappa shape index (κ3) is 3.68. The fourth-order valence-corrected chi connectivity index (χ4v) is 3.38. The van der Waals surface area contributed by atoms with Gasteiger partial charge in [-0.05, 0) is 42.5 Å². The first-order valence-corrected chi connectivity index (χ1v) is 9.03. The molecule has 2 aromatic heterocycles. The molecule has 4 aromatic rings. The molecule has 0 radical (unpaired) electrons. The summed E-state index contributed by atoms with van der Waals surface area (Å²) in [5.41, 5.74) is 2.56. The van der Waals surface area contributed by atoms with Crippen LogP contribution in [0.3, 0.4) is 0 Å². The highest BCUT2D eigenvalue weighted by Gasteiger charge is 2.15. The Balaban J connectivity index is 1.77. The molecule has 4 rings (SSSR count). The molecule has 0 unspecified atom stereocenters. The van der Waals surface area contributed by atoms with Crippen molar-refractivity contribution in [3.63, 3.8) is 0 Å². The van der Waals surface area contributed by atoms with Crippen LogP contribution in [0.15, 0.2) is 71.3 Å². The Kier molecular flexibility index (Phi) is 4.84. The second-order valence-electron chi connectivity index (χ2n) is 5.96. The molecule has 0 spiro atoms. The predicted molar refractivity (Wildman–Crippen MR) is 107 cm³/mol. The Morgan fingerprint density at radius 1 is 1.04 bits per heavy atom. The van der Waals surface area contributed by atoms with Crippen molar-refractivity contribution >= 4 is 40.0 Å². The fraction of sp³-hybridized carbons (Fsp3) is 0.0476. The minimum absolute atomic E-state index is 0.212. The van der Waals surface area contributed by atoms with Gasteiger partial charge in [-0.2, -0.15) is 0 Å². The van der Waals surface area contributed by atoms with Crippen molar-refractivity contribution in [2.24, 2.45) is 0 Å². The fourth-order valence-electron chi connectivity index (χ4n) is 2.87. The van der Waals surface area contributed by atoms with E-state index in [-0.39, 0.29) is 5.91 Å². The quantitative estimate of drug-likeness (QED) is 0.478. The molecule has 2 aromatic carbocycles. The molecular formula is C21H14Cl2N2O2. The summed E-state index contributed by atoms with van der Waals surface area (Å²) in [7, 11) is 0. The van der Waals surface area contributed by atoms with E-state index in [1.165, 1.54) is 0 Å². The van der Waals surface area contributed by atoms with Gasteiger partial charge in [0.15, 0.2) is 0 Å². The molecule has 0 aliphatic carbocycles. The number of carbonyl (C=O) groups excluding carboxylic acids is 1. The summed E-state index contributed by atoms with van der Waals surface area (Å²) in [6.07, 6.45) is 1.57.